The average Bonchev–Trinajstić information content (AvgIpc) is 3.24. The van der Waals surface area contributed by atoms with E-state index in [-0.39, 0.29) is 32.5 Å². The van der Waals surface area contributed by atoms with Crippen molar-refractivity contribution in [2.24, 2.45) is 0 Å². The number of fused-ring (bicyclic) bond motifs is 3. The van der Waals surface area contributed by atoms with E-state index in [4.69, 9.17) is 10.6 Å². The molecule has 4 aromatic rings. The van der Waals surface area contributed by atoms with Gasteiger partial charge < -0.3 is 34.8 Å². The van der Waals surface area contributed by atoms with Crippen LogP contribution in [0.2, 0.25) is 58.9 Å². The standard InChI is InChI=1S/C26H27N3.3C4H11Si.Zr/c1-3-11-20(12-4-1)19-27-26(28-21-13-5-2-6-14-21)29-24-17-9-7-15-22(24)23-16-8-10-18-25(23)29;3*1-5(2,3)4;/h1,3-4,7-12,15-18,21,26H,2,5-6,13-14,19H2;3*1H2,2-4H3;/q-2;3*-1;. The Hall–Kier alpha value is -1.09. The topological polar surface area (TPSA) is 33.1 Å². The third kappa shape index (κ3) is 18.7. The van der Waals surface area contributed by atoms with Gasteiger partial charge in [-0.05, 0) is 12.1 Å². The molecule has 7 heteroatoms. The van der Waals surface area contributed by atoms with Crippen molar-refractivity contribution in [1.82, 2.24) is 4.57 Å². The molecule has 45 heavy (non-hydrogen) atoms. The molecule has 3 nitrogen and oxygen atoms in total. The molecule has 1 aliphatic rings. The Balaban J connectivity index is 0.000000532. The molecule has 0 bridgehead atoms. The Morgan fingerprint density at radius 3 is 1.42 bits per heavy atom. The molecule has 0 spiro atoms. The van der Waals surface area contributed by atoms with E-state index < -0.39 is 24.2 Å². The van der Waals surface area contributed by atoms with Gasteiger partial charge >= 0.3 is 0 Å². The number of para-hydroxylation sites is 2. The molecule has 1 unspecified atom stereocenters. The molecular formula is C38H60N3Si3Zr-5. The molecule has 1 saturated carbocycles. The molecule has 5 rings (SSSR count). The Morgan fingerprint density at radius 2 is 1.00 bits per heavy atom. The molecule has 1 aliphatic carbocycles. The summed E-state index contributed by atoms with van der Waals surface area (Å²) in [5.41, 5.74) is 3.67. The summed E-state index contributed by atoms with van der Waals surface area (Å²) in [5.74, 6) is 0. The molecule has 1 fully saturated rings. The summed E-state index contributed by atoms with van der Waals surface area (Å²) < 4.78 is 2.35. The Morgan fingerprint density at radius 1 is 0.622 bits per heavy atom. The average molecular weight is 734 g/mol. The van der Waals surface area contributed by atoms with Crippen molar-refractivity contribution >= 4 is 46.0 Å². The van der Waals surface area contributed by atoms with Gasteiger partial charge in [0.15, 0.2) is 0 Å². The van der Waals surface area contributed by atoms with Gasteiger partial charge in [-0.25, -0.2) is 0 Å². The molecule has 1 aromatic heterocycles. The molecule has 1 atom stereocenters. The first-order valence-corrected chi connectivity index (χ1v) is 27.5. The number of rotatable bonds is 6. The van der Waals surface area contributed by atoms with Crippen molar-refractivity contribution in [3.63, 3.8) is 0 Å². The number of hydrogen-bond donors (Lipinski definition) is 0. The Bertz CT molecular complexity index is 1260. The zero-order chi connectivity index (χ0) is 33.0. The monoisotopic (exact) mass is 732 g/mol. The van der Waals surface area contributed by atoms with Crippen LogP contribution in [0.15, 0.2) is 78.9 Å². The molecule has 1 heterocycles. The number of benzene rings is 3. The van der Waals surface area contributed by atoms with Crippen molar-refractivity contribution < 1.29 is 26.2 Å². The fourth-order valence-corrected chi connectivity index (χ4v) is 4.59. The van der Waals surface area contributed by atoms with Crippen LogP contribution in [0, 0.1) is 19.6 Å². The minimum absolute atomic E-state index is 0. The molecule has 3 aromatic carbocycles. The van der Waals surface area contributed by atoms with Crippen LogP contribution >= 0.6 is 0 Å². The van der Waals surface area contributed by atoms with Crippen LogP contribution in [0.4, 0.5) is 0 Å². The first-order valence-electron chi connectivity index (χ1n) is 16.3. The minimum atomic E-state index is -0.861. The predicted molar refractivity (Wildman–Crippen MR) is 208 cm³/mol. The van der Waals surface area contributed by atoms with Crippen molar-refractivity contribution in [3.8, 4) is 0 Å². The van der Waals surface area contributed by atoms with E-state index >= 15 is 0 Å². The van der Waals surface area contributed by atoms with Crippen molar-refractivity contribution in [1.29, 1.82) is 0 Å². The van der Waals surface area contributed by atoms with Gasteiger partial charge in [0.2, 0.25) is 0 Å². The second-order valence-electron chi connectivity index (χ2n) is 15.7. The molecular weight excluding hydrogens is 674 g/mol. The minimum Gasteiger partial charge on any atom is -0.658 e. The largest absolute Gasteiger partial charge is 0.658 e. The molecule has 0 amide bonds. The van der Waals surface area contributed by atoms with E-state index in [1.807, 2.05) is 0 Å². The van der Waals surface area contributed by atoms with Gasteiger partial charge in [-0.1, -0.05) is 163 Å². The van der Waals surface area contributed by atoms with Crippen LogP contribution in [0.25, 0.3) is 32.4 Å². The summed E-state index contributed by atoms with van der Waals surface area (Å²) in [6.45, 7) is 32.3. The number of hydrogen-bond acceptors (Lipinski definition) is 0. The van der Waals surface area contributed by atoms with Crippen molar-refractivity contribution in [3.05, 3.63) is 115 Å². The number of nitrogens with zero attached hydrogens (tertiary/aromatic N) is 3. The molecule has 0 aliphatic heterocycles. The van der Waals surface area contributed by atoms with Crippen LogP contribution in [0.5, 0.6) is 0 Å². The predicted octanol–water partition coefficient (Wildman–Crippen LogP) is 12.6. The second-order valence-corrected chi connectivity index (χ2v) is 31.1. The van der Waals surface area contributed by atoms with Crippen molar-refractivity contribution in [2.75, 3.05) is 0 Å². The molecule has 0 radical (unpaired) electrons. The van der Waals surface area contributed by atoms with Crippen LogP contribution in [0.1, 0.15) is 44.0 Å². The van der Waals surface area contributed by atoms with E-state index in [0.29, 0.717) is 12.6 Å². The maximum atomic E-state index is 5.29. The van der Waals surface area contributed by atoms with Gasteiger partial charge in [-0.2, -0.15) is 6.29 Å². The summed E-state index contributed by atoms with van der Waals surface area (Å²) >= 11 is 0. The fraction of sp³-hybridized carbons (Fsp3) is 0.447. The van der Waals surface area contributed by atoms with E-state index in [0.717, 1.165) is 0 Å². The van der Waals surface area contributed by atoms with Crippen molar-refractivity contribution in [2.45, 2.75) is 110 Å². The Labute approximate surface area is 299 Å². The quantitative estimate of drug-likeness (QED) is 0.140. The first kappa shape index (κ1) is 41.9. The van der Waals surface area contributed by atoms with Gasteiger partial charge in [-0.15, -0.1) is 36.8 Å². The van der Waals surface area contributed by atoms with E-state index in [9.17, 15) is 0 Å². The summed E-state index contributed by atoms with van der Waals surface area (Å²) in [6, 6.07) is 28.2. The van der Waals surface area contributed by atoms with Crippen LogP contribution < -0.4 is 0 Å². The van der Waals surface area contributed by atoms with Gasteiger partial charge in [-0.3, -0.25) is 0 Å². The maximum absolute atomic E-state index is 5.29. The third-order valence-corrected chi connectivity index (χ3v) is 6.05. The van der Waals surface area contributed by atoms with Crippen LogP contribution in [-0.2, 0) is 32.7 Å². The maximum Gasteiger partial charge on any atom is 0.0461 e. The Kier molecular flexibility index (Phi) is 18.3. The smallest absolute Gasteiger partial charge is 0.0461 e. The molecule has 248 valence electrons. The number of aromatic nitrogens is 1. The van der Waals surface area contributed by atoms with E-state index in [1.54, 1.807) is 0 Å². The molecule has 0 N–H and O–H groups in total. The van der Waals surface area contributed by atoms with Gasteiger partial charge in [0.1, 0.15) is 0 Å². The van der Waals surface area contributed by atoms with Gasteiger partial charge in [0.25, 0.3) is 0 Å². The first-order chi connectivity index (χ1) is 20.4. The summed E-state index contributed by atoms with van der Waals surface area (Å²) in [6.07, 6.45) is 6.10. The van der Waals surface area contributed by atoms with Gasteiger partial charge in [0.05, 0.1) is 0 Å². The van der Waals surface area contributed by atoms with Gasteiger partial charge in [0, 0.05) is 48.0 Å². The fourth-order valence-electron chi connectivity index (χ4n) is 4.59. The normalized spacial score (nSPS) is 14.6. The third-order valence-electron chi connectivity index (χ3n) is 6.05. The summed E-state index contributed by atoms with van der Waals surface area (Å²) in [4.78, 5) is 0. The van der Waals surface area contributed by atoms with E-state index in [1.165, 1.54) is 59.5 Å². The SMILES string of the molecule is [CH2-][Si](C)(C)C.[CH2-][Si](C)(C)C.[CH2-][Si](C)(C)C.[Zr].c1ccc(C[N-]C([N-]C2CCCCC2)n2c3ccccc3c3ccccc32)cc1. The zero-order valence-electron chi connectivity index (χ0n) is 29.9. The zero-order valence-corrected chi connectivity index (χ0v) is 35.3. The van der Waals surface area contributed by atoms with E-state index in [2.05, 4.69) is 162 Å². The van der Waals surface area contributed by atoms with Crippen LogP contribution in [-0.4, -0.2) is 34.8 Å². The molecule has 0 saturated heterocycles. The van der Waals surface area contributed by atoms with Crippen LogP contribution in [0.3, 0.4) is 0 Å². The second kappa shape index (κ2) is 19.7. The summed E-state index contributed by atoms with van der Waals surface area (Å²) in [7, 11) is -2.58. The summed E-state index contributed by atoms with van der Waals surface area (Å²) in [5, 5.41) is 13.0.